The minimum Gasteiger partial charge on any atom is -0.373 e. The van der Waals surface area contributed by atoms with E-state index in [1.54, 1.807) is 7.05 Å². The largest absolute Gasteiger partial charge is 0.455 e. The fourth-order valence-corrected chi connectivity index (χ4v) is 1.01. The van der Waals surface area contributed by atoms with Crippen molar-refractivity contribution in [3.8, 4) is 0 Å². The van der Waals surface area contributed by atoms with Crippen LogP contribution in [0.1, 0.15) is 13.8 Å². The lowest BCUT2D eigenvalue weighted by molar-refractivity contribution is -0.297. The van der Waals surface area contributed by atoms with Gasteiger partial charge in [0, 0.05) is 6.04 Å². The van der Waals surface area contributed by atoms with E-state index in [0.29, 0.717) is 0 Å². The minimum atomic E-state index is -5.56. The summed E-state index contributed by atoms with van der Waals surface area (Å²) in [5.41, 5.74) is 0. The molecule has 98 valence electrons. The summed E-state index contributed by atoms with van der Waals surface area (Å²) in [7, 11) is 1.59. The Morgan fingerprint density at radius 3 is 1.94 bits per heavy atom. The second-order valence-electron chi connectivity index (χ2n) is 3.86. The van der Waals surface area contributed by atoms with Crippen molar-refractivity contribution in [2.75, 3.05) is 20.3 Å². The Balaban J connectivity index is 4.07. The summed E-state index contributed by atoms with van der Waals surface area (Å²) >= 11 is 0. The summed E-state index contributed by atoms with van der Waals surface area (Å²) in [5, 5.41) is 2.78. The van der Waals surface area contributed by atoms with Crippen molar-refractivity contribution in [2.45, 2.75) is 32.0 Å². The van der Waals surface area contributed by atoms with Gasteiger partial charge in [-0.2, -0.15) is 22.0 Å². The monoisotopic (exact) mass is 249 g/mol. The first-order valence-corrected chi connectivity index (χ1v) is 4.81. The predicted octanol–water partition coefficient (Wildman–Crippen LogP) is 2.44. The molecule has 0 heterocycles. The van der Waals surface area contributed by atoms with E-state index in [1.165, 1.54) is 0 Å². The second-order valence-corrected chi connectivity index (χ2v) is 3.86. The lowest BCUT2D eigenvalue weighted by atomic mass is 10.1. The number of hydrogen-bond acceptors (Lipinski definition) is 2. The highest BCUT2D eigenvalue weighted by atomic mass is 19.4. The van der Waals surface area contributed by atoms with Crippen LogP contribution in [-0.4, -0.2) is 38.4 Å². The molecule has 0 aliphatic carbocycles. The van der Waals surface area contributed by atoms with E-state index < -0.39 is 18.7 Å². The topological polar surface area (TPSA) is 21.3 Å². The smallest absolute Gasteiger partial charge is 0.373 e. The van der Waals surface area contributed by atoms with Crippen molar-refractivity contribution in [3.63, 3.8) is 0 Å². The lowest BCUT2D eigenvalue weighted by Crippen LogP contribution is -2.43. The van der Waals surface area contributed by atoms with Crippen LogP contribution in [0.2, 0.25) is 0 Å². The quantitative estimate of drug-likeness (QED) is 0.730. The average molecular weight is 249 g/mol. The molecular formula is C9H16F5NO. The third-order valence-corrected chi connectivity index (χ3v) is 2.17. The van der Waals surface area contributed by atoms with Crippen molar-refractivity contribution < 1.29 is 26.7 Å². The minimum absolute atomic E-state index is 0.0875. The van der Waals surface area contributed by atoms with Crippen molar-refractivity contribution >= 4 is 0 Å². The molecule has 2 nitrogen and oxygen atoms in total. The highest BCUT2D eigenvalue weighted by Crippen LogP contribution is 2.35. The van der Waals surface area contributed by atoms with Crippen LogP contribution in [0.4, 0.5) is 22.0 Å². The Bertz CT molecular complexity index is 205. The average Bonchev–Trinajstić information content (AvgIpc) is 2.09. The highest BCUT2D eigenvalue weighted by Gasteiger charge is 2.57. The summed E-state index contributed by atoms with van der Waals surface area (Å²) in [6.07, 6.45) is -5.56. The maximum atomic E-state index is 12.4. The fraction of sp³-hybridized carbons (Fsp3) is 1.00. The van der Waals surface area contributed by atoms with Gasteiger partial charge in [-0.15, -0.1) is 0 Å². The van der Waals surface area contributed by atoms with E-state index in [1.807, 2.05) is 13.8 Å². The van der Waals surface area contributed by atoms with Gasteiger partial charge in [0.05, 0.1) is 6.61 Å². The molecule has 16 heavy (non-hydrogen) atoms. The van der Waals surface area contributed by atoms with Gasteiger partial charge in [-0.25, -0.2) is 0 Å². The van der Waals surface area contributed by atoms with E-state index in [2.05, 4.69) is 10.1 Å². The summed E-state index contributed by atoms with van der Waals surface area (Å²) in [6, 6.07) is -0.246. The zero-order valence-corrected chi connectivity index (χ0v) is 9.37. The number of rotatable bonds is 6. The van der Waals surface area contributed by atoms with Gasteiger partial charge in [0.15, 0.2) is 0 Å². The van der Waals surface area contributed by atoms with E-state index in [0.717, 1.165) is 0 Å². The van der Waals surface area contributed by atoms with E-state index in [9.17, 15) is 22.0 Å². The highest BCUT2D eigenvalue weighted by molar-refractivity contribution is 4.76. The van der Waals surface area contributed by atoms with Crippen molar-refractivity contribution in [1.29, 1.82) is 0 Å². The molecule has 0 aromatic rings. The zero-order valence-electron chi connectivity index (χ0n) is 9.37. The van der Waals surface area contributed by atoms with Gasteiger partial charge in [-0.05, 0) is 13.0 Å². The molecule has 0 saturated heterocycles. The first-order valence-electron chi connectivity index (χ1n) is 4.81. The third-order valence-electron chi connectivity index (χ3n) is 2.17. The molecule has 0 spiro atoms. The first-order chi connectivity index (χ1) is 7.12. The normalized spacial score (nSPS) is 15.6. The number of likely N-dealkylation sites (N-methyl/N-ethyl adjacent to an activating group) is 1. The Morgan fingerprint density at radius 1 is 1.12 bits per heavy atom. The molecular weight excluding hydrogens is 233 g/mol. The van der Waals surface area contributed by atoms with Crippen LogP contribution in [0.3, 0.4) is 0 Å². The van der Waals surface area contributed by atoms with Crippen molar-refractivity contribution in [3.05, 3.63) is 0 Å². The molecule has 7 heteroatoms. The van der Waals surface area contributed by atoms with Gasteiger partial charge in [-0.3, -0.25) is 0 Å². The van der Waals surface area contributed by atoms with Gasteiger partial charge in [0.1, 0.15) is 6.61 Å². The third kappa shape index (κ3) is 4.61. The molecule has 1 N–H and O–H groups in total. The number of ether oxygens (including phenoxy) is 1. The molecule has 0 rings (SSSR count). The van der Waals surface area contributed by atoms with Gasteiger partial charge >= 0.3 is 12.1 Å². The van der Waals surface area contributed by atoms with Crippen LogP contribution in [0.5, 0.6) is 0 Å². The summed E-state index contributed by atoms with van der Waals surface area (Å²) in [4.78, 5) is 0. The molecule has 0 aromatic carbocycles. The Labute approximate surface area is 91.1 Å². The van der Waals surface area contributed by atoms with Crippen molar-refractivity contribution in [2.24, 2.45) is 5.92 Å². The fourth-order valence-electron chi connectivity index (χ4n) is 1.01. The number of alkyl halides is 5. The maximum absolute atomic E-state index is 12.4. The molecule has 1 atom stereocenters. The summed E-state index contributed by atoms with van der Waals surface area (Å²) in [6.45, 7) is 1.81. The summed E-state index contributed by atoms with van der Waals surface area (Å²) < 4.78 is 64.5. The molecule has 0 fully saturated rings. The van der Waals surface area contributed by atoms with Crippen LogP contribution in [0.25, 0.3) is 0 Å². The molecule has 0 radical (unpaired) electrons. The Morgan fingerprint density at radius 2 is 1.62 bits per heavy atom. The molecule has 0 amide bonds. The SMILES string of the molecule is CNC(COCC(F)(F)C(F)(F)F)C(C)C. The zero-order chi connectivity index (χ0) is 13.0. The predicted molar refractivity (Wildman–Crippen MR) is 49.5 cm³/mol. The van der Waals surface area contributed by atoms with Crippen LogP contribution in [-0.2, 0) is 4.74 Å². The van der Waals surface area contributed by atoms with Crippen LogP contribution < -0.4 is 5.32 Å². The molecule has 0 aliphatic rings. The van der Waals surface area contributed by atoms with E-state index >= 15 is 0 Å². The van der Waals surface area contributed by atoms with Gasteiger partial charge < -0.3 is 10.1 Å². The number of halogens is 5. The van der Waals surface area contributed by atoms with E-state index in [4.69, 9.17) is 0 Å². The molecule has 0 aliphatic heterocycles. The lowest BCUT2D eigenvalue weighted by Gasteiger charge is -2.23. The molecule has 1 unspecified atom stereocenters. The molecule has 0 bridgehead atoms. The molecule has 0 saturated carbocycles. The van der Waals surface area contributed by atoms with Crippen molar-refractivity contribution in [1.82, 2.24) is 5.32 Å². The standard InChI is InChI=1S/C9H16F5NO/c1-6(2)7(15-3)4-16-5-8(10,11)9(12,13)14/h6-7,15H,4-5H2,1-3H3. The number of nitrogens with one attached hydrogen (secondary N) is 1. The van der Waals surface area contributed by atoms with Crippen LogP contribution >= 0.6 is 0 Å². The van der Waals surface area contributed by atoms with Gasteiger partial charge in [0.2, 0.25) is 0 Å². The maximum Gasteiger partial charge on any atom is 0.455 e. The Hall–Kier alpha value is -0.430. The van der Waals surface area contributed by atoms with E-state index in [-0.39, 0.29) is 18.6 Å². The number of hydrogen-bond donors (Lipinski definition) is 1. The van der Waals surface area contributed by atoms with Gasteiger partial charge in [-0.1, -0.05) is 13.8 Å². The van der Waals surface area contributed by atoms with Gasteiger partial charge in [0.25, 0.3) is 0 Å². The van der Waals surface area contributed by atoms with Crippen LogP contribution in [0, 0.1) is 5.92 Å². The molecule has 0 aromatic heterocycles. The first kappa shape index (κ1) is 15.6. The summed E-state index contributed by atoms with van der Waals surface area (Å²) in [5.74, 6) is -4.70. The second kappa shape index (κ2) is 5.77. The van der Waals surface area contributed by atoms with Crippen LogP contribution in [0.15, 0.2) is 0 Å². The Kier molecular flexibility index (Phi) is 5.61.